The van der Waals surface area contributed by atoms with Crippen molar-refractivity contribution in [3.8, 4) is 0 Å². The van der Waals surface area contributed by atoms with Crippen molar-refractivity contribution in [1.29, 1.82) is 5.41 Å². The zero-order chi connectivity index (χ0) is 17.1. The van der Waals surface area contributed by atoms with Gasteiger partial charge in [-0.2, -0.15) is 0 Å². The summed E-state index contributed by atoms with van der Waals surface area (Å²) >= 11 is 0. The van der Waals surface area contributed by atoms with Crippen LogP contribution in [0.4, 0.5) is 0 Å². The number of aromatic nitrogens is 2. The minimum Gasteiger partial charge on any atom is -0.403 e. The molecule has 0 saturated carbocycles. The lowest BCUT2D eigenvalue weighted by molar-refractivity contribution is -0.0489. The zero-order valence-corrected chi connectivity index (χ0v) is 12.9. The quantitative estimate of drug-likeness (QED) is 0.677. The van der Waals surface area contributed by atoms with Gasteiger partial charge in [0.05, 0.1) is 12.7 Å². The fourth-order valence-electron chi connectivity index (χ4n) is 2.60. The van der Waals surface area contributed by atoms with Crippen molar-refractivity contribution in [2.45, 2.75) is 31.5 Å². The molecule has 3 atom stereocenters. The molecule has 0 unspecified atom stereocenters. The summed E-state index contributed by atoms with van der Waals surface area (Å²) in [5, 5.41) is 26.8. The monoisotopic (exact) mass is 333 g/mol. The van der Waals surface area contributed by atoms with Gasteiger partial charge in [-0.05, 0) is 5.56 Å². The van der Waals surface area contributed by atoms with Gasteiger partial charge in [0, 0.05) is 18.7 Å². The molecule has 1 saturated heterocycles. The summed E-state index contributed by atoms with van der Waals surface area (Å²) in [5.74, 6) is 0. The topological polar surface area (TPSA) is 110 Å². The van der Waals surface area contributed by atoms with Gasteiger partial charge < -0.3 is 19.8 Å². The molecular weight excluding hydrogens is 314 g/mol. The van der Waals surface area contributed by atoms with Crippen LogP contribution in [0.1, 0.15) is 18.2 Å². The average Bonchev–Trinajstić information content (AvgIpc) is 2.96. The third-order valence-corrected chi connectivity index (χ3v) is 3.90. The summed E-state index contributed by atoms with van der Waals surface area (Å²) in [5.41, 5.74) is 0.200. The maximum atomic E-state index is 12.6. The van der Waals surface area contributed by atoms with Gasteiger partial charge in [-0.1, -0.05) is 30.3 Å². The maximum Gasteiger partial charge on any atom is 0.365 e. The number of benzene rings is 1. The Labute approximate surface area is 137 Å². The second-order valence-electron chi connectivity index (χ2n) is 5.56. The molecule has 1 aliphatic heterocycles. The van der Waals surface area contributed by atoms with Gasteiger partial charge in [0.1, 0.15) is 18.9 Å². The molecule has 128 valence electrons. The maximum absolute atomic E-state index is 12.6. The third kappa shape index (κ3) is 3.25. The Morgan fingerprint density at radius 3 is 2.71 bits per heavy atom. The molecule has 0 bridgehead atoms. The Morgan fingerprint density at radius 1 is 1.29 bits per heavy atom. The Bertz CT molecular complexity index is 801. The summed E-state index contributed by atoms with van der Waals surface area (Å²) in [6.07, 6.45) is -0.680. The minimum atomic E-state index is -0.846. The van der Waals surface area contributed by atoms with E-state index in [1.807, 2.05) is 30.3 Å². The largest absolute Gasteiger partial charge is 0.403 e. The molecule has 3 rings (SSSR count). The molecule has 0 radical (unpaired) electrons. The van der Waals surface area contributed by atoms with E-state index in [1.54, 1.807) is 0 Å². The van der Waals surface area contributed by atoms with Gasteiger partial charge in [-0.15, -0.1) is 4.73 Å². The van der Waals surface area contributed by atoms with Crippen molar-refractivity contribution in [3.05, 3.63) is 64.1 Å². The first-order valence-corrected chi connectivity index (χ1v) is 7.60. The van der Waals surface area contributed by atoms with Crippen LogP contribution in [0.3, 0.4) is 0 Å². The standard InChI is InChI=1S/C16H19N3O5/c17-14-6-7-18(15-8-12(21)13(9-20)24-15)16(22)19(14)23-10-11-4-2-1-3-5-11/h1-7,12-13,15,17,20-21H,8-10H2/t12-,13+,15+/m0/s1. The van der Waals surface area contributed by atoms with E-state index in [-0.39, 0.29) is 25.1 Å². The Balaban J connectivity index is 1.83. The fourth-order valence-corrected chi connectivity index (χ4v) is 2.60. The molecule has 8 nitrogen and oxygen atoms in total. The Hall–Kier alpha value is -2.42. The van der Waals surface area contributed by atoms with Gasteiger partial charge in [0.15, 0.2) is 5.49 Å². The SMILES string of the molecule is N=c1ccn([C@H]2C[C@H](O)[C@@H](CO)O2)c(=O)n1OCc1ccccc1. The average molecular weight is 333 g/mol. The lowest BCUT2D eigenvalue weighted by Crippen LogP contribution is -2.44. The smallest absolute Gasteiger partial charge is 0.365 e. The highest BCUT2D eigenvalue weighted by Crippen LogP contribution is 2.26. The molecular formula is C16H19N3O5. The highest BCUT2D eigenvalue weighted by atomic mass is 16.7. The predicted octanol–water partition coefficient (Wildman–Crippen LogP) is -0.601. The summed E-state index contributed by atoms with van der Waals surface area (Å²) in [4.78, 5) is 18.0. The minimum absolute atomic E-state index is 0.0931. The summed E-state index contributed by atoms with van der Waals surface area (Å²) in [6.45, 7) is -0.183. The van der Waals surface area contributed by atoms with Crippen molar-refractivity contribution < 1.29 is 19.8 Å². The number of rotatable bonds is 5. The number of nitrogens with zero attached hydrogens (tertiary/aromatic N) is 2. The highest BCUT2D eigenvalue weighted by molar-refractivity contribution is 5.13. The molecule has 2 heterocycles. The number of hydrogen-bond donors (Lipinski definition) is 3. The molecule has 8 heteroatoms. The lowest BCUT2D eigenvalue weighted by Gasteiger charge is -2.17. The van der Waals surface area contributed by atoms with E-state index in [0.29, 0.717) is 0 Å². The van der Waals surface area contributed by atoms with Crippen molar-refractivity contribution in [3.63, 3.8) is 0 Å². The third-order valence-electron chi connectivity index (χ3n) is 3.90. The van der Waals surface area contributed by atoms with Gasteiger partial charge in [0.25, 0.3) is 0 Å². The first kappa shape index (κ1) is 16.4. The number of ether oxygens (including phenoxy) is 1. The molecule has 2 aromatic rings. The molecule has 1 aromatic carbocycles. The highest BCUT2D eigenvalue weighted by Gasteiger charge is 2.35. The van der Waals surface area contributed by atoms with Crippen molar-refractivity contribution in [2.75, 3.05) is 6.61 Å². The van der Waals surface area contributed by atoms with Crippen LogP contribution in [0.15, 0.2) is 47.4 Å². The lowest BCUT2D eigenvalue weighted by atomic mass is 10.2. The zero-order valence-electron chi connectivity index (χ0n) is 12.9. The molecule has 1 aliphatic rings. The van der Waals surface area contributed by atoms with Crippen molar-refractivity contribution in [2.24, 2.45) is 0 Å². The van der Waals surface area contributed by atoms with E-state index in [4.69, 9.17) is 20.1 Å². The molecule has 0 amide bonds. The van der Waals surface area contributed by atoms with Crippen molar-refractivity contribution in [1.82, 2.24) is 9.30 Å². The number of nitrogens with one attached hydrogen (secondary N) is 1. The van der Waals surface area contributed by atoms with E-state index in [9.17, 15) is 9.90 Å². The van der Waals surface area contributed by atoms with Crippen LogP contribution in [0, 0.1) is 5.41 Å². The molecule has 1 aromatic heterocycles. The van der Waals surface area contributed by atoms with Crippen LogP contribution in [0.5, 0.6) is 0 Å². The van der Waals surface area contributed by atoms with Crippen LogP contribution >= 0.6 is 0 Å². The van der Waals surface area contributed by atoms with E-state index in [0.717, 1.165) is 10.3 Å². The first-order chi connectivity index (χ1) is 11.6. The molecule has 0 spiro atoms. The van der Waals surface area contributed by atoms with Gasteiger partial charge in [-0.25, -0.2) is 4.79 Å². The Kier molecular flexibility index (Phi) is 4.79. The molecule has 24 heavy (non-hydrogen) atoms. The van der Waals surface area contributed by atoms with Crippen LogP contribution in [-0.2, 0) is 11.3 Å². The van der Waals surface area contributed by atoms with E-state index >= 15 is 0 Å². The summed E-state index contributed by atoms with van der Waals surface area (Å²) in [6, 6.07) is 10.7. The second-order valence-corrected chi connectivity index (χ2v) is 5.56. The molecule has 0 aliphatic carbocycles. The van der Waals surface area contributed by atoms with E-state index in [1.165, 1.54) is 16.8 Å². The van der Waals surface area contributed by atoms with Gasteiger partial charge >= 0.3 is 5.69 Å². The number of hydrogen-bond acceptors (Lipinski definition) is 6. The normalized spacial score (nSPS) is 23.3. The number of aliphatic hydroxyl groups excluding tert-OH is 2. The fraction of sp³-hybridized carbons (Fsp3) is 0.375. The van der Waals surface area contributed by atoms with Crippen LogP contribution < -0.4 is 16.0 Å². The van der Waals surface area contributed by atoms with Crippen LogP contribution in [0.2, 0.25) is 0 Å². The molecule has 3 N–H and O–H groups in total. The van der Waals surface area contributed by atoms with Crippen LogP contribution in [0.25, 0.3) is 0 Å². The predicted molar refractivity (Wildman–Crippen MR) is 82.9 cm³/mol. The molecule has 1 fully saturated rings. The summed E-state index contributed by atoms with van der Waals surface area (Å²) in [7, 11) is 0. The van der Waals surface area contributed by atoms with E-state index < -0.39 is 24.1 Å². The second kappa shape index (κ2) is 7.00. The van der Waals surface area contributed by atoms with Gasteiger partial charge in [-0.3, -0.25) is 9.98 Å². The van der Waals surface area contributed by atoms with E-state index in [2.05, 4.69) is 0 Å². The summed E-state index contributed by atoms with van der Waals surface area (Å²) < 4.78 is 7.62. The first-order valence-electron chi connectivity index (χ1n) is 7.60. The number of aliphatic hydroxyl groups is 2. The van der Waals surface area contributed by atoms with Crippen molar-refractivity contribution >= 4 is 0 Å². The Morgan fingerprint density at radius 2 is 2.04 bits per heavy atom. The van der Waals surface area contributed by atoms with Gasteiger partial charge in [0.2, 0.25) is 0 Å². The van der Waals surface area contributed by atoms with Crippen LogP contribution in [-0.4, -0.2) is 38.3 Å².